The third kappa shape index (κ3) is 3.40. The molecule has 0 atom stereocenters. The Balaban J connectivity index is 1.79. The van der Waals surface area contributed by atoms with Crippen molar-refractivity contribution in [3.63, 3.8) is 0 Å². The monoisotopic (exact) mass is 337 g/mol. The lowest BCUT2D eigenvalue weighted by Gasteiger charge is -2.15. The number of anilines is 1. The second-order valence-corrected chi connectivity index (χ2v) is 5.65. The van der Waals surface area contributed by atoms with Crippen molar-refractivity contribution in [3.05, 3.63) is 65.2 Å². The summed E-state index contributed by atoms with van der Waals surface area (Å²) < 4.78 is 10.0. The molecular formula is C20H19NO4. The summed E-state index contributed by atoms with van der Waals surface area (Å²) in [6, 6.07) is 12.8. The van der Waals surface area contributed by atoms with Crippen LogP contribution in [-0.4, -0.2) is 32.6 Å². The topological polar surface area (TPSA) is 55.8 Å². The number of esters is 1. The van der Waals surface area contributed by atoms with E-state index in [1.54, 1.807) is 42.4 Å². The molecule has 0 spiro atoms. The van der Waals surface area contributed by atoms with Crippen LogP contribution in [0.1, 0.15) is 21.5 Å². The molecule has 0 unspecified atom stereocenters. The molecule has 1 heterocycles. The average Bonchev–Trinajstić information content (AvgIpc) is 3.08. The summed E-state index contributed by atoms with van der Waals surface area (Å²) in [5, 5.41) is 0. The van der Waals surface area contributed by atoms with E-state index in [1.807, 2.05) is 24.3 Å². The quantitative estimate of drug-likeness (QED) is 0.635. The van der Waals surface area contributed by atoms with Crippen LogP contribution in [0.25, 0.3) is 6.08 Å². The van der Waals surface area contributed by atoms with Gasteiger partial charge in [-0.15, -0.1) is 0 Å². The Morgan fingerprint density at radius 3 is 2.68 bits per heavy atom. The maximum Gasteiger partial charge on any atom is 0.337 e. The van der Waals surface area contributed by atoms with Crippen LogP contribution in [0.2, 0.25) is 0 Å². The predicted molar refractivity (Wildman–Crippen MR) is 95.9 cm³/mol. The molecule has 0 bridgehead atoms. The summed E-state index contributed by atoms with van der Waals surface area (Å²) in [5.41, 5.74) is 3.16. The van der Waals surface area contributed by atoms with E-state index in [-0.39, 0.29) is 11.9 Å². The molecule has 0 saturated carbocycles. The van der Waals surface area contributed by atoms with Crippen LogP contribution in [-0.2, 0) is 16.0 Å². The van der Waals surface area contributed by atoms with Gasteiger partial charge in [0, 0.05) is 23.9 Å². The Morgan fingerprint density at radius 2 is 1.92 bits per heavy atom. The van der Waals surface area contributed by atoms with Crippen molar-refractivity contribution < 1.29 is 19.1 Å². The Bertz CT molecular complexity index is 841. The molecule has 5 heteroatoms. The highest BCUT2D eigenvalue weighted by Crippen LogP contribution is 2.29. The average molecular weight is 337 g/mol. The van der Waals surface area contributed by atoms with Gasteiger partial charge in [0.1, 0.15) is 5.75 Å². The fourth-order valence-electron chi connectivity index (χ4n) is 2.93. The van der Waals surface area contributed by atoms with Gasteiger partial charge in [0.2, 0.25) is 0 Å². The highest BCUT2D eigenvalue weighted by Gasteiger charge is 2.24. The van der Waals surface area contributed by atoms with Gasteiger partial charge in [-0.25, -0.2) is 4.79 Å². The van der Waals surface area contributed by atoms with Gasteiger partial charge in [0.15, 0.2) is 0 Å². The lowest BCUT2D eigenvalue weighted by atomic mass is 10.1. The van der Waals surface area contributed by atoms with Crippen LogP contribution in [0.15, 0.2) is 48.5 Å². The Kier molecular flexibility index (Phi) is 4.84. The Labute approximate surface area is 146 Å². The first-order valence-electron chi connectivity index (χ1n) is 7.98. The van der Waals surface area contributed by atoms with E-state index in [2.05, 4.69) is 0 Å². The minimum Gasteiger partial charge on any atom is -0.496 e. The molecule has 0 N–H and O–H groups in total. The third-order valence-electron chi connectivity index (χ3n) is 4.21. The first-order chi connectivity index (χ1) is 12.1. The van der Waals surface area contributed by atoms with Gasteiger partial charge in [0.25, 0.3) is 5.91 Å². The second-order valence-electron chi connectivity index (χ2n) is 5.65. The van der Waals surface area contributed by atoms with Gasteiger partial charge in [-0.1, -0.05) is 18.2 Å². The van der Waals surface area contributed by atoms with Crippen LogP contribution in [0.4, 0.5) is 5.69 Å². The third-order valence-corrected chi connectivity index (χ3v) is 4.21. The number of methoxy groups -OCH3 is 2. The van der Waals surface area contributed by atoms with Gasteiger partial charge in [-0.2, -0.15) is 0 Å². The van der Waals surface area contributed by atoms with Crippen molar-refractivity contribution in [2.45, 2.75) is 6.42 Å². The lowest BCUT2D eigenvalue weighted by Crippen LogP contribution is -2.26. The molecule has 1 amide bonds. The Hall–Kier alpha value is -3.08. The van der Waals surface area contributed by atoms with Gasteiger partial charge >= 0.3 is 5.97 Å². The van der Waals surface area contributed by atoms with E-state index >= 15 is 0 Å². The molecule has 0 radical (unpaired) electrons. The SMILES string of the molecule is COC(=O)c1ccc2c(c1)CCN2C(=O)/C=C/c1ccccc1OC. The van der Waals surface area contributed by atoms with Crippen molar-refractivity contribution in [1.82, 2.24) is 0 Å². The summed E-state index contributed by atoms with van der Waals surface area (Å²) in [5.74, 6) is 0.246. The fourth-order valence-corrected chi connectivity index (χ4v) is 2.93. The summed E-state index contributed by atoms with van der Waals surface area (Å²) in [6.45, 7) is 0.592. The number of nitrogens with zero attached hydrogens (tertiary/aromatic N) is 1. The highest BCUT2D eigenvalue weighted by molar-refractivity contribution is 6.05. The number of amides is 1. The highest BCUT2D eigenvalue weighted by atomic mass is 16.5. The maximum atomic E-state index is 12.6. The number of hydrogen-bond acceptors (Lipinski definition) is 4. The van der Waals surface area contributed by atoms with Crippen LogP contribution in [0.5, 0.6) is 5.75 Å². The van der Waals surface area contributed by atoms with Crippen LogP contribution >= 0.6 is 0 Å². The zero-order valence-corrected chi connectivity index (χ0v) is 14.2. The molecule has 2 aromatic carbocycles. The van der Waals surface area contributed by atoms with Crippen LogP contribution in [0, 0.1) is 0 Å². The number of ether oxygens (including phenoxy) is 2. The van der Waals surface area contributed by atoms with Gasteiger partial charge in [-0.3, -0.25) is 4.79 Å². The van der Waals surface area contributed by atoms with Crippen LogP contribution in [0.3, 0.4) is 0 Å². The molecule has 0 aliphatic carbocycles. The maximum absolute atomic E-state index is 12.6. The molecule has 1 aliphatic rings. The molecule has 25 heavy (non-hydrogen) atoms. The molecular weight excluding hydrogens is 318 g/mol. The molecule has 3 rings (SSSR count). The van der Waals surface area contributed by atoms with Gasteiger partial charge in [-0.05, 0) is 42.3 Å². The number of fused-ring (bicyclic) bond motifs is 1. The molecule has 2 aromatic rings. The van der Waals surface area contributed by atoms with E-state index in [1.165, 1.54) is 7.11 Å². The molecule has 1 aliphatic heterocycles. The molecule has 5 nitrogen and oxygen atoms in total. The zero-order valence-electron chi connectivity index (χ0n) is 14.2. The van der Waals surface area contributed by atoms with Crippen molar-refractivity contribution in [3.8, 4) is 5.75 Å². The number of benzene rings is 2. The van der Waals surface area contributed by atoms with E-state index in [0.717, 1.165) is 22.6 Å². The van der Waals surface area contributed by atoms with Crippen molar-refractivity contribution >= 4 is 23.6 Å². The van der Waals surface area contributed by atoms with Gasteiger partial charge < -0.3 is 14.4 Å². The summed E-state index contributed by atoms with van der Waals surface area (Å²) in [7, 11) is 2.96. The van der Waals surface area contributed by atoms with Crippen molar-refractivity contribution in [1.29, 1.82) is 0 Å². The molecule has 0 saturated heterocycles. The normalized spacial score (nSPS) is 13.0. The standard InChI is InChI=1S/C20H19NO4/c1-24-18-6-4-3-5-14(18)8-10-19(22)21-12-11-15-13-16(20(23)25-2)7-9-17(15)21/h3-10,13H,11-12H2,1-2H3/b10-8+. The number of para-hydroxylation sites is 1. The van der Waals surface area contributed by atoms with Crippen molar-refractivity contribution in [2.24, 2.45) is 0 Å². The number of carbonyl (C=O) groups is 2. The largest absolute Gasteiger partial charge is 0.496 e. The first-order valence-corrected chi connectivity index (χ1v) is 7.98. The molecule has 0 fully saturated rings. The minimum absolute atomic E-state index is 0.101. The number of rotatable bonds is 4. The van der Waals surface area contributed by atoms with Crippen LogP contribution < -0.4 is 9.64 Å². The summed E-state index contributed by atoms with van der Waals surface area (Å²) >= 11 is 0. The smallest absolute Gasteiger partial charge is 0.337 e. The zero-order chi connectivity index (χ0) is 17.8. The summed E-state index contributed by atoms with van der Waals surface area (Å²) in [4.78, 5) is 25.9. The van der Waals surface area contributed by atoms with E-state index in [4.69, 9.17) is 9.47 Å². The van der Waals surface area contributed by atoms with E-state index < -0.39 is 0 Å². The van der Waals surface area contributed by atoms with Gasteiger partial charge in [0.05, 0.1) is 19.8 Å². The summed E-state index contributed by atoms with van der Waals surface area (Å²) in [6.07, 6.45) is 4.01. The lowest BCUT2D eigenvalue weighted by molar-refractivity contribution is -0.114. The van der Waals surface area contributed by atoms with Crippen molar-refractivity contribution in [2.75, 3.05) is 25.7 Å². The number of hydrogen-bond donors (Lipinski definition) is 0. The Morgan fingerprint density at radius 1 is 1.12 bits per heavy atom. The molecule has 0 aromatic heterocycles. The first kappa shape index (κ1) is 16.8. The molecule has 128 valence electrons. The minimum atomic E-state index is -0.372. The fraction of sp³-hybridized carbons (Fsp3) is 0.200. The predicted octanol–water partition coefficient (Wildman–Crippen LogP) is 3.08. The van der Waals surface area contributed by atoms with E-state index in [9.17, 15) is 9.59 Å². The van der Waals surface area contributed by atoms with E-state index in [0.29, 0.717) is 18.5 Å². The second kappa shape index (κ2) is 7.21. The number of carbonyl (C=O) groups excluding carboxylic acids is 2.